The maximum atomic E-state index is 11.5. The van der Waals surface area contributed by atoms with Gasteiger partial charge in [0, 0.05) is 19.3 Å². The van der Waals surface area contributed by atoms with Gasteiger partial charge in [-0.15, -0.1) is 0 Å². The van der Waals surface area contributed by atoms with E-state index in [1.165, 1.54) is 17.8 Å². The van der Waals surface area contributed by atoms with E-state index in [2.05, 4.69) is 15.4 Å². The van der Waals surface area contributed by atoms with E-state index in [1.807, 2.05) is 0 Å². The Hall–Kier alpha value is -3.03. The zero-order chi connectivity index (χ0) is 14.3. The number of nitrogens with one attached hydrogen (secondary N) is 2. The molecule has 102 valence electrons. The van der Waals surface area contributed by atoms with Crippen LogP contribution in [0.3, 0.4) is 0 Å². The predicted molar refractivity (Wildman–Crippen MR) is 71.8 cm³/mol. The third kappa shape index (κ3) is 1.83. The number of fused-ring (bicyclic) bond motifs is 1. The first kappa shape index (κ1) is 12.0. The summed E-state index contributed by atoms with van der Waals surface area (Å²) in [7, 11) is 1.53. The lowest BCUT2D eigenvalue weighted by atomic mass is 10.2. The highest BCUT2D eigenvalue weighted by molar-refractivity contribution is 5.92. The van der Waals surface area contributed by atoms with Crippen LogP contribution in [0.25, 0.3) is 16.8 Å². The summed E-state index contributed by atoms with van der Waals surface area (Å²) in [6.07, 6.45) is 1.61. The van der Waals surface area contributed by atoms with Crippen molar-refractivity contribution in [1.29, 1.82) is 0 Å². The smallest absolute Gasteiger partial charge is 0.408 e. The van der Waals surface area contributed by atoms with Gasteiger partial charge < -0.3 is 15.5 Å². The zero-order valence-corrected chi connectivity index (χ0v) is 10.5. The SMILES string of the molecule is CNC(=O)c1ccn(-c2cc3[nH]c(=O)oc3cc2N)n1. The lowest BCUT2D eigenvalue weighted by Crippen LogP contribution is -2.18. The number of anilines is 1. The van der Waals surface area contributed by atoms with Crippen molar-refractivity contribution in [3.63, 3.8) is 0 Å². The molecule has 4 N–H and O–H groups in total. The summed E-state index contributed by atoms with van der Waals surface area (Å²) in [5.41, 5.74) is 7.99. The van der Waals surface area contributed by atoms with Crippen LogP contribution >= 0.6 is 0 Å². The van der Waals surface area contributed by atoms with Crippen molar-refractivity contribution in [2.24, 2.45) is 0 Å². The number of nitrogens with two attached hydrogens (primary N) is 1. The number of hydrogen-bond donors (Lipinski definition) is 3. The van der Waals surface area contributed by atoms with Crippen molar-refractivity contribution in [2.75, 3.05) is 12.8 Å². The zero-order valence-electron chi connectivity index (χ0n) is 10.5. The number of hydrogen-bond acceptors (Lipinski definition) is 5. The number of nitrogens with zero attached hydrogens (tertiary/aromatic N) is 2. The Morgan fingerprint density at radius 3 is 3.05 bits per heavy atom. The van der Waals surface area contributed by atoms with E-state index >= 15 is 0 Å². The maximum Gasteiger partial charge on any atom is 0.417 e. The van der Waals surface area contributed by atoms with Crippen LogP contribution in [0.5, 0.6) is 0 Å². The Morgan fingerprint density at radius 1 is 1.50 bits per heavy atom. The number of oxazole rings is 1. The molecule has 8 heteroatoms. The van der Waals surface area contributed by atoms with Crippen LogP contribution in [0.1, 0.15) is 10.5 Å². The molecular weight excluding hydrogens is 262 g/mol. The summed E-state index contributed by atoms with van der Waals surface area (Å²) in [4.78, 5) is 25.2. The molecule has 0 aliphatic rings. The van der Waals surface area contributed by atoms with Gasteiger partial charge in [0.25, 0.3) is 5.91 Å². The van der Waals surface area contributed by atoms with Crippen LogP contribution in [0.15, 0.2) is 33.6 Å². The van der Waals surface area contributed by atoms with E-state index in [1.54, 1.807) is 18.3 Å². The van der Waals surface area contributed by atoms with Crippen LogP contribution in [-0.2, 0) is 0 Å². The van der Waals surface area contributed by atoms with Crippen molar-refractivity contribution in [3.8, 4) is 5.69 Å². The monoisotopic (exact) mass is 273 g/mol. The number of carbonyl (C=O) groups excluding carboxylic acids is 1. The molecule has 0 aliphatic heterocycles. The molecule has 3 aromatic rings. The molecule has 0 saturated heterocycles. The average molecular weight is 273 g/mol. The highest BCUT2D eigenvalue weighted by Crippen LogP contribution is 2.22. The number of aromatic amines is 1. The quantitative estimate of drug-likeness (QED) is 0.578. The molecule has 0 fully saturated rings. The standard InChI is InChI=1S/C12H11N5O3/c1-14-11(18)7-2-3-17(16-7)9-5-8-10(4-6(9)13)20-12(19)15-8/h2-5H,13H2,1H3,(H,14,18)(H,15,19). The summed E-state index contributed by atoms with van der Waals surface area (Å²) in [6, 6.07) is 4.74. The molecule has 2 aromatic heterocycles. The first-order valence-corrected chi connectivity index (χ1v) is 5.79. The molecule has 0 radical (unpaired) electrons. The van der Waals surface area contributed by atoms with E-state index in [9.17, 15) is 9.59 Å². The van der Waals surface area contributed by atoms with Crippen LogP contribution < -0.4 is 16.8 Å². The fourth-order valence-corrected chi connectivity index (χ4v) is 1.91. The molecule has 0 unspecified atom stereocenters. The molecule has 20 heavy (non-hydrogen) atoms. The second kappa shape index (κ2) is 4.26. The molecule has 1 amide bonds. The number of amides is 1. The molecule has 2 heterocycles. The van der Waals surface area contributed by atoms with Gasteiger partial charge in [0.05, 0.1) is 16.9 Å². The number of H-pyrrole nitrogens is 1. The van der Waals surface area contributed by atoms with Gasteiger partial charge >= 0.3 is 5.76 Å². The third-order valence-electron chi connectivity index (χ3n) is 2.86. The predicted octanol–water partition coefficient (Wildman–Crippen LogP) is 0.249. The van der Waals surface area contributed by atoms with E-state index in [-0.39, 0.29) is 11.6 Å². The second-order valence-corrected chi connectivity index (χ2v) is 4.15. The van der Waals surface area contributed by atoms with Crippen molar-refractivity contribution in [3.05, 3.63) is 40.6 Å². The number of benzene rings is 1. The molecule has 0 spiro atoms. The minimum absolute atomic E-state index is 0.271. The van der Waals surface area contributed by atoms with Crippen molar-refractivity contribution in [2.45, 2.75) is 0 Å². The van der Waals surface area contributed by atoms with Gasteiger partial charge in [-0.05, 0) is 12.1 Å². The van der Waals surface area contributed by atoms with Gasteiger partial charge in [-0.3, -0.25) is 9.78 Å². The minimum atomic E-state index is -0.553. The third-order valence-corrected chi connectivity index (χ3v) is 2.86. The molecule has 1 aromatic carbocycles. The van der Waals surface area contributed by atoms with E-state index in [0.29, 0.717) is 22.5 Å². The van der Waals surface area contributed by atoms with Gasteiger partial charge in [0.2, 0.25) is 0 Å². The molecule has 0 saturated carbocycles. The summed E-state index contributed by atoms with van der Waals surface area (Å²) in [5, 5.41) is 6.61. The Morgan fingerprint density at radius 2 is 2.30 bits per heavy atom. The first-order valence-electron chi connectivity index (χ1n) is 5.79. The van der Waals surface area contributed by atoms with Crippen LogP contribution in [0.2, 0.25) is 0 Å². The van der Waals surface area contributed by atoms with Crippen LogP contribution in [0.4, 0.5) is 5.69 Å². The Balaban J connectivity index is 2.13. The maximum absolute atomic E-state index is 11.5. The van der Waals surface area contributed by atoms with Crippen molar-refractivity contribution < 1.29 is 9.21 Å². The van der Waals surface area contributed by atoms with E-state index in [4.69, 9.17) is 10.2 Å². The summed E-state index contributed by atoms with van der Waals surface area (Å²) >= 11 is 0. The van der Waals surface area contributed by atoms with Gasteiger partial charge in [-0.25, -0.2) is 9.48 Å². The fraction of sp³-hybridized carbons (Fsp3) is 0.0833. The van der Waals surface area contributed by atoms with Gasteiger partial charge in [0.1, 0.15) is 0 Å². The highest BCUT2D eigenvalue weighted by Gasteiger charge is 2.12. The molecule has 0 bridgehead atoms. The van der Waals surface area contributed by atoms with Gasteiger partial charge in [0.15, 0.2) is 11.3 Å². The Labute approximate surface area is 112 Å². The number of aromatic nitrogens is 3. The van der Waals surface area contributed by atoms with Gasteiger partial charge in [-0.1, -0.05) is 0 Å². The Kier molecular flexibility index (Phi) is 2.56. The summed E-state index contributed by atoms with van der Waals surface area (Å²) < 4.78 is 6.38. The molecular formula is C12H11N5O3. The fourth-order valence-electron chi connectivity index (χ4n) is 1.91. The Bertz CT molecular complexity index is 857. The molecule has 3 rings (SSSR count). The second-order valence-electron chi connectivity index (χ2n) is 4.15. The molecule has 0 aliphatic carbocycles. The highest BCUT2D eigenvalue weighted by atomic mass is 16.4. The first-order chi connectivity index (χ1) is 9.58. The van der Waals surface area contributed by atoms with Gasteiger partial charge in [-0.2, -0.15) is 5.10 Å². The average Bonchev–Trinajstić information content (AvgIpc) is 3.02. The molecule has 8 nitrogen and oxygen atoms in total. The van der Waals surface area contributed by atoms with E-state index < -0.39 is 5.76 Å². The molecule has 0 atom stereocenters. The largest absolute Gasteiger partial charge is 0.417 e. The lowest BCUT2D eigenvalue weighted by molar-refractivity contribution is 0.0957. The summed E-state index contributed by atoms with van der Waals surface area (Å²) in [6.45, 7) is 0. The number of nitrogen functional groups attached to an aromatic ring is 1. The topological polar surface area (TPSA) is 119 Å². The van der Waals surface area contributed by atoms with E-state index in [0.717, 1.165) is 0 Å². The van der Waals surface area contributed by atoms with Crippen molar-refractivity contribution >= 4 is 22.7 Å². The van der Waals surface area contributed by atoms with Crippen molar-refractivity contribution in [1.82, 2.24) is 20.1 Å². The number of rotatable bonds is 2. The summed E-state index contributed by atoms with van der Waals surface area (Å²) in [5.74, 6) is -0.844. The lowest BCUT2D eigenvalue weighted by Gasteiger charge is -2.05. The minimum Gasteiger partial charge on any atom is -0.408 e. The normalized spacial score (nSPS) is 10.8. The van der Waals surface area contributed by atoms with Crippen LogP contribution in [0, 0.1) is 0 Å². The number of carbonyl (C=O) groups is 1. The van der Waals surface area contributed by atoms with Crippen LogP contribution in [-0.4, -0.2) is 27.7 Å².